The molecule has 0 saturated heterocycles. The van der Waals surface area contributed by atoms with E-state index in [-0.39, 0.29) is 29.3 Å². The second-order valence-electron chi connectivity index (χ2n) is 5.26. The monoisotopic (exact) mass is 330 g/mol. The van der Waals surface area contributed by atoms with E-state index in [1.54, 1.807) is 12.1 Å². The maximum absolute atomic E-state index is 12.8. The number of carbonyl (C=O) groups is 2. The number of carbonyl (C=O) groups excluding carboxylic acids is 2. The lowest BCUT2D eigenvalue weighted by Gasteiger charge is -2.11. The maximum atomic E-state index is 12.8. The molecule has 118 valence electrons. The van der Waals surface area contributed by atoms with Crippen LogP contribution in [-0.2, 0) is 22.4 Å². The van der Waals surface area contributed by atoms with Crippen molar-refractivity contribution in [1.82, 2.24) is 10.9 Å². The average molecular weight is 330 g/mol. The summed E-state index contributed by atoms with van der Waals surface area (Å²) in [6.45, 7) is 0. The fourth-order valence-electron chi connectivity index (χ4n) is 2.37. The third kappa shape index (κ3) is 3.90. The Morgan fingerprint density at radius 3 is 2.57 bits per heavy atom. The zero-order valence-corrected chi connectivity index (χ0v) is 13.0. The third-order valence-corrected chi connectivity index (χ3v) is 4.86. The van der Waals surface area contributed by atoms with Crippen molar-refractivity contribution in [3.05, 3.63) is 65.5 Å². The number of amides is 2. The summed E-state index contributed by atoms with van der Waals surface area (Å²) in [4.78, 5) is 25.0. The van der Waals surface area contributed by atoms with Gasteiger partial charge in [0.05, 0.1) is 11.7 Å². The van der Waals surface area contributed by atoms with E-state index in [1.807, 2.05) is 24.3 Å². The number of benzene rings is 2. The topological polar surface area (TPSA) is 58.2 Å². The molecular weight excluding hydrogens is 315 g/mol. The summed E-state index contributed by atoms with van der Waals surface area (Å²) in [5.41, 5.74) is 6.69. The zero-order chi connectivity index (χ0) is 16.2. The normalized spacial score (nSPS) is 15.8. The van der Waals surface area contributed by atoms with Gasteiger partial charge in [0, 0.05) is 4.90 Å². The highest BCUT2D eigenvalue weighted by Crippen LogP contribution is 2.36. The van der Waals surface area contributed by atoms with Gasteiger partial charge in [-0.3, -0.25) is 20.4 Å². The predicted molar refractivity (Wildman–Crippen MR) is 86.2 cm³/mol. The Balaban J connectivity index is 1.48. The van der Waals surface area contributed by atoms with Gasteiger partial charge in [-0.15, -0.1) is 11.8 Å². The molecule has 2 aromatic rings. The molecule has 23 heavy (non-hydrogen) atoms. The molecule has 0 aromatic heterocycles. The van der Waals surface area contributed by atoms with Gasteiger partial charge in [0.15, 0.2) is 0 Å². The molecule has 0 radical (unpaired) electrons. The van der Waals surface area contributed by atoms with Crippen molar-refractivity contribution in [2.45, 2.75) is 23.0 Å². The van der Waals surface area contributed by atoms with E-state index in [4.69, 9.17) is 0 Å². The molecule has 1 heterocycles. The van der Waals surface area contributed by atoms with Gasteiger partial charge in [0.25, 0.3) is 5.91 Å². The molecule has 0 fully saturated rings. The number of rotatable bonds is 3. The highest BCUT2D eigenvalue weighted by atomic mass is 32.2. The number of hydrogen-bond acceptors (Lipinski definition) is 3. The van der Waals surface area contributed by atoms with Crippen LogP contribution in [0.25, 0.3) is 0 Å². The molecule has 0 bridgehead atoms. The molecule has 0 aliphatic carbocycles. The van der Waals surface area contributed by atoms with E-state index in [2.05, 4.69) is 10.9 Å². The molecule has 2 N–H and O–H groups in total. The SMILES string of the molecule is O=C(Cc1ccc(F)cc1)NNC(=O)C1Cc2ccccc2S1. The summed E-state index contributed by atoms with van der Waals surface area (Å²) >= 11 is 1.50. The van der Waals surface area contributed by atoms with E-state index in [0.717, 1.165) is 10.5 Å². The molecule has 6 heteroatoms. The standard InChI is InChI=1S/C17H15FN2O2S/c18-13-7-5-11(6-8-13)9-16(21)19-20-17(22)15-10-12-3-1-2-4-14(12)23-15/h1-8,15H,9-10H2,(H,19,21)(H,20,22). The van der Waals surface area contributed by atoms with Crippen LogP contribution in [0.2, 0.25) is 0 Å². The number of halogens is 1. The van der Waals surface area contributed by atoms with Crippen LogP contribution < -0.4 is 10.9 Å². The fourth-order valence-corrected chi connectivity index (χ4v) is 3.57. The van der Waals surface area contributed by atoms with E-state index in [0.29, 0.717) is 12.0 Å². The molecule has 2 aromatic carbocycles. The molecule has 2 amide bonds. The van der Waals surface area contributed by atoms with Crippen LogP contribution in [0.3, 0.4) is 0 Å². The quantitative estimate of drug-likeness (QED) is 0.849. The Kier molecular flexibility index (Phi) is 4.62. The number of thioether (sulfide) groups is 1. The van der Waals surface area contributed by atoms with Crippen molar-refractivity contribution < 1.29 is 14.0 Å². The van der Waals surface area contributed by atoms with Crippen molar-refractivity contribution in [3.8, 4) is 0 Å². The van der Waals surface area contributed by atoms with Gasteiger partial charge in [-0.05, 0) is 35.7 Å². The van der Waals surface area contributed by atoms with Crippen molar-refractivity contribution in [3.63, 3.8) is 0 Å². The summed E-state index contributed by atoms with van der Waals surface area (Å²) in [7, 11) is 0. The lowest BCUT2D eigenvalue weighted by atomic mass is 10.1. The van der Waals surface area contributed by atoms with E-state index in [1.165, 1.54) is 23.9 Å². The number of hydrazine groups is 1. The largest absolute Gasteiger partial charge is 0.273 e. The van der Waals surface area contributed by atoms with Gasteiger partial charge in [-0.25, -0.2) is 4.39 Å². The first-order valence-electron chi connectivity index (χ1n) is 7.19. The van der Waals surface area contributed by atoms with Crippen molar-refractivity contribution in [1.29, 1.82) is 0 Å². The maximum Gasteiger partial charge on any atom is 0.252 e. The second-order valence-corrected chi connectivity index (χ2v) is 6.50. The van der Waals surface area contributed by atoms with Crippen molar-refractivity contribution in [2.75, 3.05) is 0 Å². The summed E-state index contributed by atoms with van der Waals surface area (Å²) in [5, 5.41) is -0.237. The Labute approximate surface area is 137 Å². The molecule has 0 saturated carbocycles. The number of fused-ring (bicyclic) bond motifs is 1. The molecule has 1 aliphatic heterocycles. The summed E-state index contributed by atoms with van der Waals surface area (Å²) in [6.07, 6.45) is 0.735. The first-order valence-corrected chi connectivity index (χ1v) is 8.07. The van der Waals surface area contributed by atoms with E-state index in [9.17, 15) is 14.0 Å². The van der Waals surface area contributed by atoms with Crippen LogP contribution in [0.4, 0.5) is 4.39 Å². The third-order valence-electron chi connectivity index (χ3n) is 3.54. The fraction of sp³-hybridized carbons (Fsp3) is 0.176. The van der Waals surface area contributed by atoms with Gasteiger partial charge < -0.3 is 0 Å². The minimum atomic E-state index is -0.347. The van der Waals surface area contributed by atoms with Gasteiger partial charge in [0.1, 0.15) is 5.82 Å². The molecule has 4 nitrogen and oxygen atoms in total. The zero-order valence-electron chi connectivity index (χ0n) is 12.2. The Morgan fingerprint density at radius 1 is 1.09 bits per heavy atom. The number of hydrogen-bond donors (Lipinski definition) is 2. The number of nitrogens with one attached hydrogen (secondary N) is 2. The van der Waals surface area contributed by atoms with Gasteiger partial charge in [-0.2, -0.15) is 0 Å². The van der Waals surface area contributed by atoms with Crippen LogP contribution in [0.5, 0.6) is 0 Å². The summed E-state index contributed by atoms with van der Waals surface area (Å²) in [5.74, 6) is -0.913. The van der Waals surface area contributed by atoms with Gasteiger partial charge >= 0.3 is 0 Å². The highest BCUT2D eigenvalue weighted by molar-refractivity contribution is 8.01. The lowest BCUT2D eigenvalue weighted by molar-refractivity contribution is -0.128. The predicted octanol–water partition coefficient (Wildman–Crippen LogP) is 2.23. The first-order chi connectivity index (χ1) is 11.1. The van der Waals surface area contributed by atoms with Crippen molar-refractivity contribution >= 4 is 23.6 Å². The average Bonchev–Trinajstić information content (AvgIpc) is 2.99. The first kappa shape index (κ1) is 15.6. The minimum Gasteiger partial charge on any atom is -0.273 e. The molecule has 3 rings (SSSR count). The highest BCUT2D eigenvalue weighted by Gasteiger charge is 2.28. The van der Waals surface area contributed by atoms with Crippen LogP contribution in [0.1, 0.15) is 11.1 Å². The molecule has 0 spiro atoms. The van der Waals surface area contributed by atoms with E-state index < -0.39 is 0 Å². The van der Waals surface area contributed by atoms with Crippen LogP contribution in [0, 0.1) is 5.82 Å². The summed E-state index contributed by atoms with van der Waals surface area (Å²) < 4.78 is 12.8. The van der Waals surface area contributed by atoms with Crippen LogP contribution in [0.15, 0.2) is 53.4 Å². The van der Waals surface area contributed by atoms with Crippen LogP contribution >= 0.6 is 11.8 Å². The Bertz CT molecular complexity index is 709. The lowest BCUT2D eigenvalue weighted by Crippen LogP contribution is -2.46. The Morgan fingerprint density at radius 2 is 1.83 bits per heavy atom. The Hall–Kier alpha value is -2.34. The molecule has 1 aliphatic rings. The van der Waals surface area contributed by atoms with Crippen molar-refractivity contribution in [2.24, 2.45) is 0 Å². The van der Waals surface area contributed by atoms with Crippen LogP contribution in [-0.4, -0.2) is 17.1 Å². The van der Waals surface area contributed by atoms with E-state index >= 15 is 0 Å². The van der Waals surface area contributed by atoms with Gasteiger partial charge in [0.2, 0.25) is 5.91 Å². The molecule has 1 atom stereocenters. The van der Waals surface area contributed by atoms with Gasteiger partial charge in [-0.1, -0.05) is 30.3 Å². The summed E-state index contributed by atoms with van der Waals surface area (Å²) in [6, 6.07) is 13.6. The smallest absolute Gasteiger partial charge is 0.252 e. The minimum absolute atomic E-state index is 0.0819. The molecule has 1 unspecified atom stereocenters. The second kappa shape index (κ2) is 6.83. The molecular formula is C17H15FN2O2S.